The number of likely N-dealkylation sites (tertiary alicyclic amines) is 1. The zero-order chi connectivity index (χ0) is 40.0. The number of ketones is 1. The van der Waals surface area contributed by atoms with E-state index in [0.717, 1.165) is 101 Å². The number of allylic oxidation sites excluding steroid dienone is 3. The molecule has 0 spiro atoms. The number of halogens is 1. The Morgan fingerprint density at radius 3 is 2.18 bits per heavy atom. The van der Waals surface area contributed by atoms with Gasteiger partial charge in [-0.1, -0.05) is 78.7 Å². The molecule has 1 aromatic carbocycles. The lowest BCUT2D eigenvalue weighted by molar-refractivity contribution is -0.200. The van der Waals surface area contributed by atoms with Gasteiger partial charge in [0.25, 0.3) is 0 Å². The maximum Gasteiger partial charge on any atom is 0.335 e. The van der Waals surface area contributed by atoms with Crippen molar-refractivity contribution in [2.45, 2.75) is 138 Å². The van der Waals surface area contributed by atoms with Crippen LogP contribution in [0.15, 0.2) is 41.5 Å². The van der Waals surface area contributed by atoms with Crippen molar-refractivity contribution >= 4 is 35.6 Å². The highest BCUT2D eigenvalue weighted by molar-refractivity contribution is 6.01. The van der Waals surface area contributed by atoms with Gasteiger partial charge in [0.2, 0.25) is 5.91 Å². The summed E-state index contributed by atoms with van der Waals surface area (Å²) in [6.45, 7) is 20.4. The molecule has 1 saturated heterocycles. The summed E-state index contributed by atoms with van der Waals surface area (Å²) in [7, 11) is 0. The van der Waals surface area contributed by atoms with Gasteiger partial charge in [0.15, 0.2) is 5.78 Å². The summed E-state index contributed by atoms with van der Waals surface area (Å²) < 4.78 is 0. The van der Waals surface area contributed by atoms with E-state index in [0.29, 0.717) is 42.8 Å². The lowest BCUT2D eigenvalue weighted by atomic mass is 9.33. The van der Waals surface area contributed by atoms with E-state index in [1.165, 1.54) is 17.6 Å². The van der Waals surface area contributed by atoms with Gasteiger partial charge < -0.3 is 15.1 Å². The van der Waals surface area contributed by atoms with Crippen LogP contribution in [0.4, 0.5) is 0 Å². The highest BCUT2D eigenvalue weighted by atomic mass is 35.5. The van der Waals surface area contributed by atoms with Gasteiger partial charge >= 0.3 is 5.97 Å². The summed E-state index contributed by atoms with van der Waals surface area (Å²) in [5.41, 5.74) is 4.61. The average molecular weight is 804 g/mol. The zero-order valence-corrected chi connectivity index (χ0v) is 36.8. The van der Waals surface area contributed by atoms with Crippen LogP contribution in [-0.2, 0) is 9.59 Å². The first-order chi connectivity index (χ1) is 26.5. The maximum absolute atomic E-state index is 14.3. The number of aliphatic hydroxyl groups excluding tert-OH is 1. The molecule has 1 amide bonds. The van der Waals surface area contributed by atoms with E-state index in [2.05, 4.69) is 59.4 Å². The van der Waals surface area contributed by atoms with Crippen molar-refractivity contribution in [1.29, 1.82) is 0 Å². The summed E-state index contributed by atoms with van der Waals surface area (Å²) in [6.07, 6.45) is 15.2. The van der Waals surface area contributed by atoms with E-state index < -0.39 is 17.5 Å². The van der Waals surface area contributed by atoms with Crippen LogP contribution in [0.25, 0.3) is 5.57 Å². The first-order valence-electron chi connectivity index (χ1n) is 22.5. The lowest BCUT2D eigenvalue weighted by Crippen LogP contribution is -2.65. The number of hydrogen-bond acceptors (Lipinski definition) is 5. The fourth-order valence-corrected chi connectivity index (χ4v) is 14.9. The topological polar surface area (TPSA) is 98.2 Å². The number of aliphatic hydroxyl groups is 1. The summed E-state index contributed by atoms with van der Waals surface area (Å²) in [6, 6.07) is 7.49. The summed E-state index contributed by atoms with van der Waals surface area (Å²) in [5, 5.41) is 22.2. The van der Waals surface area contributed by atoms with Crippen LogP contribution in [-0.4, -0.2) is 76.5 Å². The molecule has 8 heteroatoms. The number of aromatic carboxylic acids is 1. The molecule has 5 fully saturated rings. The molecule has 57 heavy (non-hydrogen) atoms. The van der Waals surface area contributed by atoms with E-state index in [1.54, 1.807) is 12.1 Å². The zero-order valence-electron chi connectivity index (χ0n) is 36.0. The summed E-state index contributed by atoms with van der Waals surface area (Å²) in [4.78, 5) is 44.2. The van der Waals surface area contributed by atoms with Crippen molar-refractivity contribution in [3.8, 4) is 0 Å². The number of fused-ring (bicyclic) bond motifs is 7. The Morgan fingerprint density at radius 1 is 0.877 bits per heavy atom. The van der Waals surface area contributed by atoms with Crippen LogP contribution in [0.2, 0.25) is 0 Å². The van der Waals surface area contributed by atoms with E-state index in [1.807, 2.05) is 17.0 Å². The minimum Gasteiger partial charge on any atom is -0.478 e. The van der Waals surface area contributed by atoms with E-state index in [9.17, 15) is 24.6 Å². The standard InChI is InChI=1S/C49H70N2O5.ClH/c1-31(2)42-37(52)27-49(40(53)29-51(28-32-11-10-12-32)41(54)30-50-25-8-9-26-50)24-23-47(6)36(43(42)49)17-18-39-46(5)21-19-35(33-13-15-34(16-14-33)44(55)56)45(3,4)38(46)20-22-48(39,47)7;/h13-16,19,31-32,36,38-40,53H,8-12,17-18,20-30H2,1-7H3,(H,55,56);1H/t36-,38-,39-,40+,46+,47-,48-,49+;/m1./s1. The number of carboxylic acids is 1. The number of amides is 1. The molecule has 2 N–H and O–H groups in total. The SMILES string of the molecule is CC(C)C1=C2[C@H]3CC[C@@H]4[C@@]5(C)CC=C(c6ccc(C(=O)O)cc6)C(C)(C)[C@H]5CC[C@@]4(C)[C@]3(C)CC[C@@]2([C@@H](O)CN(CC2CCC2)C(=O)CN2CCCC2)CC1=O.Cl. The molecule has 4 saturated carbocycles. The number of rotatable bonds is 10. The molecule has 1 aliphatic heterocycles. The minimum atomic E-state index is -0.890. The highest BCUT2D eigenvalue weighted by Gasteiger charge is 2.70. The molecule has 0 unspecified atom stereocenters. The van der Waals surface area contributed by atoms with Crippen LogP contribution in [0.3, 0.4) is 0 Å². The smallest absolute Gasteiger partial charge is 0.335 e. The number of hydrogen-bond donors (Lipinski definition) is 2. The van der Waals surface area contributed by atoms with Crippen LogP contribution >= 0.6 is 12.4 Å². The molecule has 0 bridgehead atoms. The Kier molecular flexibility index (Phi) is 11.4. The fraction of sp³-hybridized carbons (Fsp3) is 0.735. The normalized spacial score (nSPS) is 36.6. The molecule has 1 heterocycles. The second-order valence-corrected chi connectivity index (χ2v) is 21.4. The van der Waals surface area contributed by atoms with Gasteiger partial charge in [-0.15, -0.1) is 12.4 Å². The van der Waals surface area contributed by atoms with Crippen molar-refractivity contribution in [1.82, 2.24) is 9.80 Å². The molecule has 1 aromatic rings. The van der Waals surface area contributed by atoms with E-state index >= 15 is 0 Å². The van der Waals surface area contributed by atoms with Gasteiger partial charge in [-0.3, -0.25) is 14.5 Å². The van der Waals surface area contributed by atoms with Gasteiger partial charge in [0.1, 0.15) is 0 Å². The monoisotopic (exact) mass is 803 g/mol. The Hall–Kier alpha value is -2.48. The predicted octanol–water partition coefficient (Wildman–Crippen LogP) is 9.87. The van der Waals surface area contributed by atoms with Crippen molar-refractivity contribution in [3.05, 3.63) is 52.6 Å². The number of benzene rings is 1. The second-order valence-electron chi connectivity index (χ2n) is 21.4. The number of nitrogens with zero attached hydrogens (tertiary/aromatic N) is 2. The van der Waals surface area contributed by atoms with E-state index in [4.69, 9.17) is 0 Å². The molecule has 314 valence electrons. The van der Waals surface area contributed by atoms with Crippen molar-refractivity contribution in [2.75, 3.05) is 32.7 Å². The van der Waals surface area contributed by atoms with Crippen LogP contribution in [0, 0.1) is 56.7 Å². The van der Waals surface area contributed by atoms with Crippen LogP contribution in [0.1, 0.15) is 148 Å². The second kappa shape index (κ2) is 15.2. The van der Waals surface area contributed by atoms with Crippen LogP contribution < -0.4 is 0 Å². The van der Waals surface area contributed by atoms with Crippen molar-refractivity contribution < 1.29 is 24.6 Å². The fourth-order valence-electron chi connectivity index (χ4n) is 14.9. The minimum absolute atomic E-state index is 0. The molecule has 0 radical (unpaired) electrons. The van der Waals surface area contributed by atoms with E-state index in [-0.39, 0.29) is 57.6 Å². The van der Waals surface area contributed by atoms with Crippen molar-refractivity contribution in [2.24, 2.45) is 56.7 Å². The number of carboxylic acid groups (broad SMARTS) is 1. The third-order valence-corrected chi connectivity index (χ3v) is 18.1. The molecule has 7 aliphatic rings. The van der Waals surface area contributed by atoms with Gasteiger partial charge in [0, 0.05) is 24.9 Å². The maximum atomic E-state index is 14.3. The number of carbonyl (C=O) groups is 3. The Morgan fingerprint density at radius 2 is 1.56 bits per heavy atom. The highest BCUT2D eigenvalue weighted by Crippen LogP contribution is 2.77. The third kappa shape index (κ3) is 6.62. The van der Waals surface area contributed by atoms with Gasteiger partial charge in [-0.05, 0) is 164 Å². The Bertz CT molecular complexity index is 1810. The molecule has 8 rings (SSSR count). The number of Topliss-reactive ketones (excluding diaryl/α,β-unsaturated/α-hetero) is 1. The molecule has 7 nitrogen and oxygen atoms in total. The quantitative estimate of drug-likeness (QED) is 0.245. The third-order valence-electron chi connectivity index (χ3n) is 18.1. The molecule has 8 atom stereocenters. The first-order valence-corrected chi connectivity index (χ1v) is 22.5. The van der Waals surface area contributed by atoms with Gasteiger partial charge in [-0.25, -0.2) is 4.79 Å². The summed E-state index contributed by atoms with van der Waals surface area (Å²) in [5.74, 6) is 1.38. The number of carbonyl (C=O) groups excluding carboxylic acids is 2. The lowest BCUT2D eigenvalue weighted by Gasteiger charge is -2.71. The molecular formula is C49H71ClN2O5. The first kappa shape index (κ1) is 42.6. The van der Waals surface area contributed by atoms with Crippen LogP contribution in [0.5, 0.6) is 0 Å². The molecular weight excluding hydrogens is 732 g/mol. The summed E-state index contributed by atoms with van der Waals surface area (Å²) >= 11 is 0. The van der Waals surface area contributed by atoms with Gasteiger partial charge in [0.05, 0.1) is 18.2 Å². The predicted molar refractivity (Wildman–Crippen MR) is 229 cm³/mol. The largest absolute Gasteiger partial charge is 0.478 e. The Labute approximate surface area is 348 Å². The molecule has 0 aromatic heterocycles. The Balaban J connectivity index is 0.00000496. The average Bonchev–Trinajstić information content (AvgIpc) is 3.74. The van der Waals surface area contributed by atoms with Gasteiger partial charge in [-0.2, -0.15) is 0 Å². The van der Waals surface area contributed by atoms with Crippen molar-refractivity contribution in [3.63, 3.8) is 0 Å². The molecule has 6 aliphatic carbocycles.